The van der Waals surface area contributed by atoms with Crippen LogP contribution in [-0.2, 0) is 9.47 Å². The summed E-state index contributed by atoms with van der Waals surface area (Å²) < 4.78 is 10.9. The number of unbranched alkanes of at least 4 members (excludes halogenated alkanes) is 14. The van der Waals surface area contributed by atoms with Crippen molar-refractivity contribution in [3.8, 4) is 0 Å². The van der Waals surface area contributed by atoms with Crippen molar-refractivity contribution in [3.63, 3.8) is 0 Å². The Labute approximate surface area is 204 Å². The molecule has 0 fully saturated rings. The van der Waals surface area contributed by atoms with E-state index in [1.165, 1.54) is 89.9 Å². The molecule has 0 aliphatic carbocycles. The van der Waals surface area contributed by atoms with Crippen molar-refractivity contribution < 1.29 is 14.3 Å². The van der Waals surface area contributed by atoms with Crippen LogP contribution in [0.4, 0.5) is 5.69 Å². The Morgan fingerprint density at radius 3 is 1.70 bits per heavy atom. The molecule has 0 atom stereocenters. The van der Waals surface area contributed by atoms with Crippen molar-refractivity contribution in [1.82, 2.24) is 0 Å². The van der Waals surface area contributed by atoms with E-state index >= 15 is 0 Å². The lowest BCUT2D eigenvalue weighted by molar-refractivity contribution is 0.0312. The van der Waals surface area contributed by atoms with E-state index in [4.69, 9.17) is 9.47 Å². The van der Waals surface area contributed by atoms with Crippen molar-refractivity contribution in [2.75, 3.05) is 31.7 Å². The third-order valence-electron chi connectivity index (χ3n) is 6.08. The summed E-state index contributed by atoms with van der Waals surface area (Å²) >= 11 is 0. The minimum atomic E-state index is -0.282. The van der Waals surface area contributed by atoms with Crippen LogP contribution in [0.15, 0.2) is 24.3 Å². The molecular formula is C29H51NO3. The lowest BCUT2D eigenvalue weighted by atomic mass is 10.0. The van der Waals surface area contributed by atoms with Gasteiger partial charge in [0.05, 0.1) is 12.2 Å². The Hall–Kier alpha value is -1.55. The molecule has 0 aromatic heterocycles. The number of carbonyl (C=O) groups is 1. The summed E-state index contributed by atoms with van der Waals surface area (Å²) in [5, 5.41) is 3.34. The highest BCUT2D eigenvalue weighted by molar-refractivity contribution is 5.89. The molecule has 33 heavy (non-hydrogen) atoms. The molecule has 1 aromatic rings. The van der Waals surface area contributed by atoms with Crippen molar-refractivity contribution in [2.24, 2.45) is 0 Å². The van der Waals surface area contributed by atoms with Gasteiger partial charge >= 0.3 is 5.97 Å². The summed E-state index contributed by atoms with van der Waals surface area (Å²) in [6.45, 7) is 6.95. The zero-order valence-electron chi connectivity index (χ0n) is 21.7. The van der Waals surface area contributed by atoms with E-state index < -0.39 is 0 Å². The molecule has 0 aliphatic heterocycles. The average molecular weight is 462 g/mol. The summed E-state index contributed by atoms with van der Waals surface area (Å²) in [5.74, 6) is -0.282. The van der Waals surface area contributed by atoms with Crippen molar-refractivity contribution in [1.29, 1.82) is 0 Å². The van der Waals surface area contributed by atoms with E-state index in [0.29, 0.717) is 18.8 Å². The van der Waals surface area contributed by atoms with E-state index in [0.717, 1.165) is 31.7 Å². The second kappa shape index (κ2) is 22.3. The van der Waals surface area contributed by atoms with Gasteiger partial charge in [-0.05, 0) is 37.1 Å². The number of anilines is 1. The largest absolute Gasteiger partial charge is 0.460 e. The zero-order valence-corrected chi connectivity index (χ0v) is 21.7. The number of hydrogen-bond donors (Lipinski definition) is 1. The predicted octanol–water partition coefficient (Wildman–Crippen LogP) is 8.55. The summed E-state index contributed by atoms with van der Waals surface area (Å²) in [4.78, 5) is 12.1. The molecule has 190 valence electrons. The van der Waals surface area contributed by atoms with Gasteiger partial charge in [-0.25, -0.2) is 4.79 Å². The topological polar surface area (TPSA) is 47.6 Å². The van der Waals surface area contributed by atoms with Gasteiger partial charge in [-0.1, -0.05) is 104 Å². The highest BCUT2D eigenvalue weighted by Gasteiger charge is 2.06. The molecule has 0 aliphatic rings. The number of nitrogens with one attached hydrogen (secondary N) is 1. The van der Waals surface area contributed by atoms with E-state index in [-0.39, 0.29) is 5.97 Å². The van der Waals surface area contributed by atoms with Crippen LogP contribution >= 0.6 is 0 Å². The molecule has 0 unspecified atom stereocenters. The monoisotopic (exact) mass is 461 g/mol. The van der Waals surface area contributed by atoms with Gasteiger partial charge in [0.1, 0.15) is 6.61 Å². The lowest BCUT2D eigenvalue weighted by Gasteiger charge is -2.08. The van der Waals surface area contributed by atoms with E-state index in [2.05, 4.69) is 19.2 Å². The molecule has 4 heteroatoms. The minimum Gasteiger partial charge on any atom is -0.460 e. The summed E-state index contributed by atoms with van der Waals surface area (Å²) in [5.41, 5.74) is 1.62. The normalized spacial score (nSPS) is 11.0. The van der Waals surface area contributed by atoms with Gasteiger partial charge in [0.2, 0.25) is 0 Å². The van der Waals surface area contributed by atoms with Crippen LogP contribution in [-0.4, -0.2) is 32.3 Å². The first kappa shape index (κ1) is 29.5. The lowest BCUT2D eigenvalue weighted by Crippen LogP contribution is -2.11. The Bertz CT molecular complexity index is 558. The van der Waals surface area contributed by atoms with Crippen molar-refractivity contribution in [3.05, 3.63) is 29.8 Å². The molecule has 0 spiro atoms. The number of carbonyl (C=O) groups excluding carboxylic acids is 1. The minimum absolute atomic E-state index is 0.282. The van der Waals surface area contributed by atoms with Gasteiger partial charge in [0.15, 0.2) is 0 Å². The van der Waals surface area contributed by atoms with E-state index in [9.17, 15) is 4.79 Å². The van der Waals surface area contributed by atoms with Crippen LogP contribution < -0.4 is 5.32 Å². The molecule has 0 heterocycles. The number of ether oxygens (including phenoxy) is 2. The van der Waals surface area contributed by atoms with Crippen molar-refractivity contribution in [2.45, 2.75) is 117 Å². The second-order valence-electron chi connectivity index (χ2n) is 9.20. The third kappa shape index (κ3) is 17.6. The first-order valence-corrected chi connectivity index (χ1v) is 13.9. The fourth-order valence-electron chi connectivity index (χ4n) is 3.91. The average Bonchev–Trinajstić information content (AvgIpc) is 2.83. The second-order valence-corrected chi connectivity index (χ2v) is 9.20. The van der Waals surface area contributed by atoms with Crippen molar-refractivity contribution >= 4 is 11.7 Å². The smallest absolute Gasteiger partial charge is 0.338 e. The van der Waals surface area contributed by atoms with Crippen LogP contribution in [0.3, 0.4) is 0 Å². The fraction of sp³-hybridized carbons (Fsp3) is 0.759. The maximum Gasteiger partial charge on any atom is 0.338 e. The molecule has 0 radical (unpaired) electrons. The first-order valence-electron chi connectivity index (χ1n) is 13.9. The highest BCUT2D eigenvalue weighted by Crippen LogP contribution is 2.13. The number of benzene rings is 1. The molecule has 1 aromatic carbocycles. The number of hydrogen-bond acceptors (Lipinski definition) is 4. The van der Waals surface area contributed by atoms with Gasteiger partial charge in [0, 0.05) is 18.8 Å². The predicted molar refractivity (Wildman–Crippen MR) is 141 cm³/mol. The highest BCUT2D eigenvalue weighted by atomic mass is 16.6. The summed E-state index contributed by atoms with van der Waals surface area (Å²) in [7, 11) is 0. The Morgan fingerprint density at radius 2 is 1.15 bits per heavy atom. The Kier molecular flexibility index (Phi) is 19.9. The first-order chi connectivity index (χ1) is 16.3. The third-order valence-corrected chi connectivity index (χ3v) is 6.08. The molecule has 1 rings (SSSR count). The summed E-state index contributed by atoms with van der Waals surface area (Å²) in [6.07, 6.45) is 21.4. The molecule has 1 N–H and O–H groups in total. The Morgan fingerprint density at radius 1 is 0.636 bits per heavy atom. The van der Waals surface area contributed by atoms with Crippen LogP contribution in [0.2, 0.25) is 0 Å². The van der Waals surface area contributed by atoms with Gasteiger partial charge in [-0.3, -0.25) is 0 Å². The number of rotatable bonds is 23. The maximum atomic E-state index is 12.1. The van der Waals surface area contributed by atoms with E-state index in [1.54, 1.807) is 0 Å². The van der Waals surface area contributed by atoms with Gasteiger partial charge < -0.3 is 14.8 Å². The standard InChI is InChI=1S/C29H51NO3/c1-3-5-7-8-9-10-11-12-13-14-15-16-17-18-24-32-25-26-33-29(31)27-19-21-28(22-20-27)30-23-6-4-2/h19-22,30H,3-18,23-26H2,1-2H3. The maximum absolute atomic E-state index is 12.1. The molecule has 4 nitrogen and oxygen atoms in total. The SMILES string of the molecule is CCCCCCCCCCCCCCCCOCCOC(=O)c1ccc(NCCCC)cc1. The van der Waals surface area contributed by atoms with Gasteiger partial charge in [0.25, 0.3) is 0 Å². The fourth-order valence-corrected chi connectivity index (χ4v) is 3.91. The molecule has 0 bridgehead atoms. The quantitative estimate of drug-likeness (QED) is 0.131. The Balaban J connectivity index is 1.85. The molecular weight excluding hydrogens is 410 g/mol. The van der Waals surface area contributed by atoms with Crippen LogP contribution in [0.1, 0.15) is 127 Å². The molecule has 0 saturated carbocycles. The zero-order chi connectivity index (χ0) is 23.8. The van der Waals surface area contributed by atoms with Crippen LogP contribution in [0.5, 0.6) is 0 Å². The van der Waals surface area contributed by atoms with E-state index in [1.807, 2.05) is 24.3 Å². The molecule has 0 amide bonds. The van der Waals surface area contributed by atoms with Gasteiger partial charge in [-0.15, -0.1) is 0 Å². The van der Waals surface area contributed by atoms with Crippen LogP contribution in [0, 0.1) is 0 Å². The van der Waals surface area contributed by atoms with Crippen LogP contribution in [0.25, 0.3) is 0 Å². The molecule has 0 saturated heterocycles. The number of esters is 1. The summed E-state index contributed by atoms with van der Waals surface area (Å²) in [6, 6.07) is 7.48. The van der Waals surface area contributed by atoms with Gasteiger partial charge in [-0.2, -0.15) is 0 Å².